The van der Waals surface area contributed by atoms with Gasteiger partial charge in [-0.3, -0.25) is 9.59 Å². The van der Waals surface area contributed by atoms with E-state index in [1.807, 2.05) is 0 Å². The number of nitrogens with zero attached hydrogens (tertiary/aromatic N) is 1. The minimum atomic E-state index is -0.600. The molecule has 4 rings (SSSR count). The summed E-state index contributed by atoms with van der Waals surface area (Å²) in [6.07, 6.45) is 7.91. The summed E-state index contributed by atoms with van der Waals surface area (Å²) >= 11 is 4.66. The van der Waals surface area contributed by atoms with E-state index in [1.54, 1.807) is 6.20 Å². The number of alkyl halides is 1. The molecule has 0 saturated heterocycles. The van der Waals surface area contributed by atoms with E-state index in [0.717, 1.165) is 16.6 Å². The molecule has 0 unspecified atom stereocenters. The first-order valence-corrected chi connectivity index (χ1v) is 9.62. The maximum Gasteiger partial charge on any atom is 0.230 e. The molecule has 1 spiro atoms. The van der Waals surface area contributed by atoms with Gasteiger partial charge in [0.15, 0.2) is 5.13 Å². The second kappa shape index (κ2) is 5.91. The normalized spacial score (nSPS) is 31.4. The molecule has 0 radical (unpaired) electrons. The summed E-state index contributed by atoms with van der Waals surface area (Å²) in [6, 6.07) is 0. The zero-order valence-corrected chi connectivity index (χ0v) is 15.2. The molecule has 2 bridgehead atoms. The van der Waals surface area contributed by atoms with Crippen molar-refractivity contribution in [3.63, 3.8) is 0 Å². The van der Waals surface area contributed by atoms with Crippen LogP contribution in [0.5, 0.6) is 0 Å². The van der Waals surface area contributed by atoms with Gasteiger partial charge in [-0.15, -0.1) is 0 Å². The van der Waals surface area contributed by atoms with Crippen molar-refractivity contribution in [2.24, 2.45) is 29.1 Å². The summed E-state index contributed by atoms with van der Waals surface area (Å²) in [5, 5.41) is 6.00. The minimum Gasteiger partial charge on any atom is -0.353 e. The van der Waals surface area contributed by atoms with Crippen LogP contribution in [0.25, 0.3) is 0 Å². The predicted molar refractivity (Wildman–Crippen MR) is 92.2 cm³/mol. The van der Waals surface area contributed by atoms with Crippen molar-refractivity contribution < 1.29 is 14.0 Å². The Morgan fingerprint density at radius 2 is 1.96 bits per heavy atom. The van der Waals surface area contributed by atoms with E-state index in [2.05, 4.69) is 43.7 Å². The van der Waals surface area contributed by atoms with E-state index in [0.29, 0.717) is 5.13 Å². The van der Waals surface area contributed by atoms with Crippen LogP contribution in [0.4, 0.5) is 9.52 Å². The molecule has 3 aliphatic rings. The van der Waals surface area contributed by atoms with Gasteiger partial charge in [-0.05, 0) is 46.0 Å². The third-order valence-corrected chi connectivity index (χ3v) is 6.94. The summed E-state index contributed by atoms with van der Waals surface area (Å²) in [6.45, 7) is -0.602. The number of thiazole rings is 1. The van der Waals surface area contributed by atoms with Gasteiger partial charge in [0.25, 0.3) is 0 Å². The Hall–Kier alpha value is -1.28. The number of rotatable bonds is 5. The average Bonchev–Trinajstić information content (AvgIpc) is 3.06. The van der Waals surface area contributed by atoms with Gasteiger partial charge >= 0.3 is 0 Å². The number of anilines is 1. The van der Waals surface area contributed by atoms with Gasteiger partial charge in [-0.2, -0.15) is 0 Å². The van der Waals surface area contributed by atoms with Crippen molar-refractivity contribution in [1.82, 2.24) is 10.3 Å². The van der Waals surface area contributed by atoms with Gasteiger partial charge in [-0.1, -0.05) is 23.5 Å². The van der Waals surface area contributed by atoms with E-state index in [9.17, 15) is 14.0 Å². The Kier molecular flexibility index (Phi) is 3.99. The molecule has 2 amide bonds. The van der Waals surface area contributed by atoms with Crippen molar-refractivity contribution in [3.05, 3.63) is 22.1 Å². The van der Waals surface area contributed by atoms with E-state index in [4.69, 9.17) is 0 Å². The van der Waals surface area contributed by atoms with Crippen LogP contribution in [-0.4, -0.2) is 30.0 Å². The average molecular weight is 414 g/mol. The standard InChI is InChI=1S/C16H17BrFN3O2S/c17-10-7-20-15(24-10)21-14(23)12-9-2-1-8(16(9)3-4-16)11(12)13(22)19-6-5-18/h1-2,7-9,11-12H,3-6H2,(H,19,22)(H,20,21,23)/t8-,9+,11-,12-/m1/s1. The first kappa shape index (κ1) is 16.2. The summed E-state index contributed by atoms with van der Waals surface area (Å²) in [7, 11) is 0. The number of hydrogen-bond donors (Lipinski definition) is 2. The van der Waals surface area contributed by atoms with Crippen LogP contribution in [0.1, 0.15) is 12.8 Å². The van der Waals surface area contributed by atoms with E-state index >= 15 is 0 Å². The largest absolute Gasteiger partial charge is 0.353 e. The Labute approximate surface area is 151 Å². The van der Waals surface area contributed by atoms with Crippen molar-refractivity contribution in [2.45, 2.75) is 12.8 Å². The summed E-state index contributed by atoms with van der Waals surface area (Å²) in [4.78, 5) is 29.6. The molecule has 0 aromatic carbocycles. The molecule has 2 fully saturated rings. The molecule has 128 valence electrons. The monoisotopic (exact) mass is 413 g/mol. The van der Waals surface area contributed by atoms with Crippen molar-refractivity contribution in [3.8, 4) is 0 Å². The SMILES string of the molecule is O=C(NCCF)[C@H]1[C@H](C(=O)Nc2ncc(Br)s2)[C@@H]2C=C[C@H]1C21CC1. The summed E-state index contributed by atoms with van der Waals surface area (Å²) < 4.78 is 13.3. The maximum absolute atomic E-state index is 12.9. The van der Waals surface area contributed by atoms with E-state index in [-0.39, 0.29) is 35.6 Å². The molecular weight excluding hydrogens is 397 g/mol. The van der Waals surface area contributed by atoms with Crippen LogP contribution < -0.4 is 10.6 Å². The summed E-state index contributed by atoms with van der Waals surface area (Å²) in [5.41, 5.74) is 0.0726. The number of carbonyl (C=O) groups is 2. The lowest BCUT2D eigenvalue weighted by atomic mass is 9.81. The third kappa shape index (κ3) is 2.42. The number of allylic oxidation sites excluding steroid dienone is 2. The summed E-state index contributed by atoms with van der Waals surface area (Å²) in [5.74, 6) is -1.04. The fraction of sp³-hybridized carbons (Fsp3) is 0.562. The van der Waals surface area contributed by atoms with E-state index in [1.165, 1.54) is 11.3 Å². The molecule has 1 aromatic heterocycles. The molecule has 1 heterocycles. The minimum absolute atomic E-state index is 0.00278. The molecule has 3 aliphatic carbocycles. The highest BCUT2D eigenvalue weighted by Gasteiger charge is 2.69. The lowest BCUT2D eigenvalue weighted by molar-refractivity contribution is -0.132. The maximum atomic E-state index is 12.9. The second-order valence-electron chi connectivity index (χ2n) is 6.66. The highest BCUT2D eigenvalue weighted by atomic mass is 79.9. The first-order valence-electron chi connectivity index (χ1n) is 8.01. The zero-order valence-electron chi connectivity index (χ0n) is 12.8. The third-order valence-electron chi connectivity index (χ3n) is 5.55. The smallest absolute Gasteiger partial charge is 0.230 e. The lowest BCUT2D eigenvalue weighted by Gasteiger charge is -2.25. The Morgan fingerprint density at radius 3 is 2.50 bits per heavy atom. The van der Waals surface area contributed by atoms with Gasteiger partial charge in [-0.25, -0.2) is 9.37 Å². The van der Waals surface area contributed by atoms with Crippen LogP contribution in [-0.2, 0) is 9.59 Å². The Bertz CT molecular complexity index is 718. The highest BCUT2D eigenvalue weighted by molar-refractivity contribution is 9.11. The molecule has 24 heavy (non-hydrogen) atoms. The molecule has 4 atom stereocenters. The molecule has 1 aromatic rings. The molecule has 2 N–H and O–H groups in total. The molecule has 8 heteroatoms. The van der Waals surface area contributed by atoms with Gasteiger partial charge in [0.2, 0.25) is 11.8 Å². The molecule has 0 aliphatic heterocycles. The fourth-order valence-corrected chi connectivity index (χ4v) is 5.61. The number of amides is 2. The van der Waals surface area contributed by atoms with E-state index < -0.39 is 18.5 Å². The number of halogens is 2. The van der Waals surface area contributed by atoms with Crippen LogP contribution >= 0.6 is 27.3 Å². The van der Waals surface area contributed by atoms with Crippen LogP contribution in [0, 0.1) is 29.1 Å². The quantitative estimate of drug-likeness (QED) is 0.728. The van der Waals surface area contributed by atoms with Gasteiger partial charge in [0.1, 0.15) is 6.67 Å². The van der Waals surface area contributed by atoms with Crippen LogP contribution in [0.3, 0.4) is 0 Å². The van der Waals surface area contributed by atoms with Crippen molar-refractivity contribution >= 4 is 44.2 Å². The predicted octanol–water partition coefficient (Wildman–Crippen LogP) is 2.76. The zero-order chi connectivity index (χ0) is 16.9. The van der Waals surface area contributed by atoms with Crippen molar-refractivity contribution in [1.29, 1.82) is 0 Å². The van der Waals surface area contributed by atoms with Crippen molar-refractivity contribution in [2.75, 3.05) is 18.5 Å². The second-order valence-corrected chi connectivity index (χ2v) is 9.07. The topological polar surface area (TPSA) is 71.1 Å². The van der Waals surface area contributed by atoms with Crippen LogP contribution in [0.2, 0.25) is 0 Å². The van der Waals surface area contributed by atoms with Gasteiger partial charge < -0.3 is 10.6 Å². The first-order chi connectivity index (χ1) is 11.6. The Balaban J connectivity index is 1.58. The Morgan fingerprint density at radius 1 is 1.29 bits per heavy atom. The highest BCUT2D eigenvalue weighted by Crippen LogP contribution is 2.72. The number of carbonyl (C=O) groups excluding carboxylic acids is 2. The number of nitrogens with one attached hydrogen (secondary N) is 2. The van der Waals surface area contributed by atoms with Gasteiger partial charge in [0, 0.05) is 6.54 Å². The van der Waals surface area contributed by atoms with Crippen LogP contribution in [0.15, 0.2) is 22.1 Å². The molecular formula is C16H17BrFN3O2S. The fourth-order valence-electron chi connectivity index (χ4n) is 4.50. The number of hydrogen-bond acceptors (Lipinski definition) is 4. The molecule has 2 saturated carbocycles. The van der Waals surface area contributed by atoms with Gasteiger partial charge in [0.05, 0.1) is 21.8 Å². The molecule has 5 nitrogen and oxygen atoms in total. The lowest BCUT2D eigenvalue weighted by Crippen LogP contribution is -2.42. The number of aromatic nitrogens is 1.